The van der Waals surface area contributed by atoms with E-state index in [1.807, 2.05) is 48.5 Å². The van der Waals surface area contributed by atoms with Gasteiger partial charge in [0.05, 0.1) is 0 Å². The Morgan fingerprint density at radius 3 is 1.45 bits per heavy atom. The summed E-state index contributed by atoms with van der Waals surface area (Å²) in [7, 11) is 0. The molecule has 8 nitrogen and oxygen atoms in total. The van der Waals surface area contributed by atoms with Crippen LogP contribution < -0.4 is 0 Å². The van der Waals surface area contributed by atoms with E-state index in [0.29, 0.717) is 39.6 Å². The van der Waals surface area contributed by atoms with Crippen LogP contribution in [0.4, 0.5) is 0 Å². The third-order valence-electron chi connectivity index (χ3n) is 5.88. The van der Waals surface area contributed by atoms with Gasteiger partial charge < -0.3 is 10.2 Å². The summed E-state index contributed by atoms with van der Waals surface area (Å²) in [4.78, 5) is 0. The van der Waals surface area contributed by atoms with Crippen LogP contribution >= 0.6 is 0 Å². The number of fused-ring (bicyclic) bond motifs is 2. The fourth-order valence-corrected chi connectivity index (χ4v) is 4.38. The Kier molecular flexibility index (Phi) is 4.29. The number of benzene rings is 4. The van der Waals surface area contributed by atoms with Gasteiger partial charge in [0.2, 0.25) is 0 Å². The molecule has 6 rings (SSSR count). The van der Waals surface area contributed by atoms with Crippen LogP contribution in [0.1, 0.15) is 11.1 Å². The summed E-state index contributed by atoms with van der Waals surface area (Å²) >= 11 is 0. The van der Waals surface area contributed by atoms with Crippen LogP contribution in [-0.2, 0) is 6.42 Å². The summed E-state index contributed by atoms with van der Waals surface area (Å²) in [6, 6.07) is 22.2. The van der Waals surface area contributed by atoms with E-state index in [9.17, 15) is 10.2 Å². The minimum Gasteiger partial charge on any atom is -0.507 e. The molecule has 2 aromatic heterocycles. The number of H-pyrrole nitrogens is 2. The average molecular weight is 434 g/mol. The van der Waals surface area contributed by atoms with Crippen molar-refractivity contribution in [3.05, 3.63) is 83.9 Å². The monoisotopic (exact) mass is 434 g/mol. The molecule has 33 heavy (non-hydrogen) atoms. The number of phenolic OH excluding ortho intramolecular Hbond substituents is 2. The molecule has 0 unspecified atom stereocenters. The molecular weight excluding hydrogens is 416 g/mol. The molecule has 0 aliphatic heterocycles. The Labute approximate surface area is 187 Å². The Bertz CT molecular complexity index is 1510. The van der Waals surface area contributed by atoms with Gasteiger partial charge in [0.15, 0.2) is 0 Å². The maximum absolute atomic E-state index is 10.6. The molecule has 0 aliphatic carbocycles. The van der Waals surface area contributed by atoms with E-state index in [1.165, 1.54) is 0 Å². The second-order valence-electron chi connectivity index (χ2n) is 7.79. The maximum atomic E-state index is 10.6. The number of aromatic amines is 2. The summed E-state index contributed by atoms with van der Waals surface area (Å²) in [6.07, 6.45) is 0.513. The van der Waals surface area contributed by atoms with Crippen LogP contribution in [0, 0.1) is 0 Å². The lowest BCUT2D eigenvalue weighted by Crippen LogP contribution is -1.98. The van der Waals surface area contributed by atoms with Crippen LogP contribution in [0.2, 0.25) is 0 Å². The highest BCUT2D eigenvalue weighted by Gasteiger charge is 2.20. The van der Waals surface area contributed by atoms with E-state index in [2.05, 4.69) is 30.8 Å². The van der Waals surface area contributed by atoms with Crippen molar-refractivity contribution < 1.29 is 10.2 Å². The standard InChI is InChI=1S/C25H18N6O2/c32-20-7-3-1-5-16(20)22-14(9-11-18-24(22)28-30-26-18)13-15-10-12-19-25(29-31-27-19)23(15)17-6-2-4-8-21(17)33/h1-12,32-33H,13H2,(H,26,28,30)(H,27,29,31). The SMILES string of the molecule is Oc1ccccc1-c1c(Cc2ccc3n[nH]nc3c2-c2ccccc2O)ccc2n[nH]nc12. The Morgan fingerprint density at radius 1 is 0.545 bits per heavy atom. The molecule has 2 heterocycles. The van der Waals surface area contributed by atoms with Gasteiger partial charge in [0, 0.05) is 22.3 Å². The van der Waals surface area contributed by atoms with E-state index in [4.69, 9.17) is 0 Å². The van der Waals surface area contributed by atoms with Gasteiger partial charge in [-0.3, -0.25) is 0 Å². The fraction of sp³-hybridized carbons (Fsp3) is 0.0400. The van der Waals surface area contributed by atoms with E-state index in [0.717, 1.165) is 22.3 Å². The van der Waals surface area contributed by atoms with Crippen LogP contribution in [-0.4, -0.2) is 41.0 Å². The van der Waals surface area contributed by atoms with Gasteiger partial charge in [-0.2, -0.15) is 30.8 Å². The summed E-state index contributed by atoms with van der Waals surface area (Å²) < 4.78 is 0. The van der Waals surface area contributed by atoms with E-state index in [-0.39, 0.29) is 11.5 Å². The van der Waals surface area contributed by atoms with Gasteiger partial charge in [0.1, 0.15) is 33.6 Å². The smallest absolute Gasteiger partial charge is 0.123 e. The molecule has 0 fully saturated rings. The van der Waals surface area contributed by atoms with Gasteiger partial charge in [-0.05, 0) is 41.8 Å². The van der Waals surface area contributed by atoms with Crippen molar-refractivity contribution in [1.29, 1.82) is 0 Å². The average Bonchev–Trinajstić information content (AvgIpc) is 3.50. The predicted molar refractivity (Wildman–Crippen MR) is 125 cm³/mol. The lowest BCUT2D eigenvalue weighted by atomic mass is 9.89. The predicted octanol–water partition coefficient (Wildman–Crippen LogP) is 4.57. The molecular formula is C25H18N6O2. The van der Waals surface area contributed by atoms with Crippen molar-refractivity contribution in [2.24, 2.45) is 0 Å². The number of aromatic hydroxyl groups is 2. The zero-order valence-electron chi connectivity index (χ0n) is 17.3. The normalized spacial score (nSPS) is 11.4. The van der Waals surface area contributed by atoms with Gasteiger partial charge in [0.25, 0.3) is 0 Å². The van der Waals surface area contributed by atoms with Crippen LogP contribution in [0.5, 0.6) is 11.5 Å². The lowest BCUT2D eigenvalue weighted by Gasteiger charge is -2.15. The molecule has 0 aliphatic rings. The van der Waals surface area contributed by atoms with Crippen LogP contribution in [0.15, 0.2) is 72.8 Å². The number of aromatic nitrogens is 6. The Balaban J connectivity index is 1.60. The molecule has 0 bridgehead atoms. The first-order valence-corrected chi connectivity index (χ1v) is 10.4. The summed E-state index contributed by atoms with van der Waals surface area (Å²) in [5.41, 5.74) is 7.67. The second-order valence-corrected chi connectivity index (χ2v) is 7.79. The largest absolute Gasteiger partial charge is 0.507 e. The van der Waals surface area contributed by atoms with E-state index < -0.39 is 0 Å². The number of nitrogens with zero attached hydrogens (tertiary/aromatic N) is 4. The molecule has 0 atom stereocenters. The van der Waals surface area contributed by atoms with Crippen molar-refractivity contribution >= 4 is 22.1 Å². The summed E-state index contributed by atoms with van der Waals surface area (Å²) in [6.45, 7) is 0. The van der Waals surface area contributed by atoms with Crippen molar-refractivity contribution in [3.8, 4) is 33.8 Å². The Hall–Kier alpha value is -4.72. The third kappa shape index (κ3) is 3.08. The first kappa shape index (κ1) is 19.0. The third-order valence-corrected chi connectivity index (χ3v) is 5.88. The van der Waals surface area contributed by atoms with Crippen molar-refractivity contribution in [3.63, 3.8) is 0 Å². The first-order chi connectivity index (χ1) is 16.2. The van der Waals surface area contributed by atoms with Crippen LogP contribution in [0.3, 0.4) is 0 Å². The number of para-hydroxylation sites is 2. The molecule has 6 aromatic rings. The van der Waals surface area contributed by atoms with Gasteiger partial charge in [-0.25, -0.2) is 0 Å². The zero-order valence-corrected chi connectivity index (χ0v) is 17.3. The number of phenols is 2. The molecule has 0 radical (unpaired) electrons. The van der Waals surface area contributed by atoms with Crippen molar-refractivity contribution in [2.75, 3.05) is 0 Å². The zero-order chi connectivity index (χ0) is 22.4. The molecule has 4 aromatic carbocycles. The Morgan fingerprint density at radius 2 is 1.00 bits per heavy atom. The van der Waals surface area contributed by atoms with Crippen molar-refractivity contribution in [2.45, 2.75) is 6.42 Å². The highest BCUT2D eigenvalue weighted by molar-refractivity contribution is 5.97. The lowest BCUT2D eigenvalue weighted by molar-refractivity contribution is 0.477. The molecule has 160 valence electrons. The number of hydrogen-bond acceptors (Lipinski definition) is 6. The topological polar surface area (TPSA) is 124 Å². The summed E-state index contributed by atoms with van der Waals surface area (Å²) in [5, 5.41) is 43.8. The number of hydrogen-bond donors (Lipinski definition) is 4. The molecule has 8 heteroatoms. The van der Waals surface area contributed by atoms with Gasteiger partial charge >= 0.3 is 0 Å². The minimum atomic E-state index is 0.169. The number of rotatable bonds is 4. The minimum absolute atomic E-state index is 0.169. The molecule has 4 N–H and O–H groups in total. The molecule has 0 saturated carbocycles. The van der Waals surface area contributed by atoms with E-state index in [1.54, 1.807) is 24.3 Å². The summed E-state index contributed by atoms with van der Waals surface area (Å²) in [5.74, 6) is 0.337. The molecule has 0 saturated heterocycles. The van der Waals surface area contributed by atoms with E-state index >= 15 is 0 Å². The fourth-order valence-electron chi connectivity index (χ4n) is 4.38. The second kappa shape index (κ2) is 7.45. The number of nitrogens with one attached hydrogen (secondary N) is 2. The highest BCUT2D eigenvalue weighted by Crippen LogP contribution is 2.40. The quantitative estimate of drug-likeness (QED) is 0.322. The van der Waals surface area contributed by atoms with Gasteiger partial charge in [-0.15, -0.1) is 0 Å². The van der Waals surface area contributed by atoms with Crippen LogP contribution in [0.25, 0.3) is 44.3 Å². The van der Waals surface area contributed by atoms with Crippen molar-refractivity contribution in [1.82, 2.24) is 30.8 Å². The van der Waals surface area contributed by atoms with Gasteiger partial charge in [-0.1, -0.05) is 48.5 Å². The maximum Gasteiger partial charge on any atom is 0.123 e. The first-order valence-electron chi connectivity index (χ1n) is 10.4. The molecule has 0 amide bonds. The molecule has 0 spiro atoms. The highest BCUT2D eigenvalue weighted by atomic mass is 16.3.